The monoisotopic (exact) mass is 616 g/mol. The summed E-state index contributed by atoms with van der Waals surface area (Å²) in [5.74, 6) is 2.13. The van der Waals surface area contributed by atoms with E-state index in [4.69, 9.17) is 34.6 Å². The second-order valence-electron chi connectivity index (χ2n) is 6.89. The molecular weight excluding hydrogens is 599 g/mol. The summed E-state index contributed by atoms with van der Waals surface area (Å²) in [6.07, 6.45) is -6.43. The Morgan fingerprint density at radius 3 is 2.57 bits per heavy atom. The number of hydrogen-bond donors (Lipinski definition) is 7. The number of aromatic amines is 1. The number of nitrogens with zero attached hydrogens (tertiary/aromatic N) is 2. The minimum Gasteiger partial charge on any atom is -0.387 e. The van der Waals surface area contributed by atoms with E-state index in [2.05, 4.69) is 18.1 Å². The SMILES string of the molecule is [2H]C([2H])(OP(=O)(O)OP(=O)(O)OP(=O)(O)O)[C@H]1O[C@@H](n2cc(F)c3c(=O)[nH]c(N)nc32)C(Cl)(C#CCF)[C@H]1O. The van der Waals surface area contributed by atoms with Crippen LogP contribution < -0.4 is 11.3 Å². The number of nitrogens with one attached hydrogen (secondary N) is 1. The normalized spacial score (nSPS) is 28.6. The van der Waals surface area contributed by atoms with Gasteiger partial charge in [0, 0.05) is 6.20 Å². The lowest BCUT2D eigenvalue weighted by Gasteiger charge is -2.25. The number of halogens is 3. The molecule has 3 unspecified atom stereocenters. The van der Waals surface area contributed by atoms with E-state index in [0.29, 0.717) is 10.8 Å². The molecule has 3 heterocycles. The number of fused-ring (bicyclic) bond motifs is 1. The molecule has 1 aliphatic heterocycles. The molecule has 0 amide bonds. The highest BCUT2D eigenvalue weighted by Crippen LogP contribution is 2.66. The number of nitrogen functional groups attached to an aromatic ring is 1. The highest BCUT2D eigenvalue weighted by molar-refractivity contribution is 7.66. The van der Waals surface area contributed by atoms with Gasteiger partial charge in [-0.3, -0.25) is 18.9 Å². The number of ether oxygens (including phenoxy) is 1. The van der Waals surface area contributed by atoms with E-state index in [9.17, 15) is 42.2 Å². The molecule has 0 bridgehead atoms. The molecule has 2 aromatic heterocycles. The summed E-state index contributed by atoms with van der Waals surface area (Å²) in [6, 6.07) is 0. The molecule has 0 saturated carbocycles. The summed E-state index contributed by atoms with van der Waals surface area (Å²) < 4.78 is 95.0. The Kier molecular flexibility index (Phi) is 7.57. The van der Waals surface area contributed by atoms with E-state index < -0.39 is 88.4 Å². The quantitative estimate of drug-likeness (QED) is 0.117. The Bertz CT molecular complexity index is 1560. The number of nitrogens with two attached hydrogens (primary N) is 1. The number of hydrogen-bond acceptors (Lipinski definition) is 11. The summed E-state index contributed by atoms with van der Waals surface area (Å²) in [4.78, 5) is 51.4. The second kappa shape index (κ2) is 10.4. The number of anilines is 1. The molecule has 6 atom stereocenters. The van der Waals surface area contributed by atoms with Gasteiger partial charge < -0.3 is 35.2 Å². The topological polar surface area (TPSA) is 266 Å². The van der Waals surface area contributed by atoms with Crippen molar-refractivity contribution in [3.05, 3.63) is 22.4 Å². The first kappa shape index (κ1) is 26.9. The molecule has 206 valence electrons. The molecule has 8 N–H and O–H groups in total. The van der Waals surface area contributed by atoms with Crippen molar-refractivity contribution in [2.75, 3.05) is 19.0 Å². The third-order valence-electron chi connectivity index (χ3n) is 4.31. The molecule has 0 radical (unpaired) electrons. The number of aliphatic hydroxyl groups is 1. The van der Waals surface area contributed by atoms with E-state index >= 15 is 0 Å². The van der Waals surface area contributed by atoms with Gasteiger partial charge in [-0.15, -0.1) is 0 Å². The Labute approximate surface area is 211 Å². The van der Waals surface area contributed by atoms with Crippen LogP contribution in [0.1, 0.15) is 8.97 Å². The van der Waals surface area contributed by atoms with Crippen LogP contribution in [0.3, 0.4) is 0 Å². The fourth-order valence-corrected chi connectivity index (χ4v) is 6.28. The van der Waals surface area contributed by atoms with Gasteiger partial charge in [0.15, 0.2) is 22.6 Å². The number of phosphoric ester groups is 1. The maximum Gasteiger partial charge on any atom is 0.490 e. The van der Waals surface area contributed by atoms with E-state index in [1.807, 2.05) is 16.8 Å². The molecule has 1 fully saturated rings. The predicted molar refractivity (Wildman–Crippen MR) is 117 cm³/mol. The van der Waals surface area contributed by atoms with E-state index in [1.165, 1.54) is 0 Å². The standard InChI is InChI=1S/C14H16ClF2N4O13P3/c15-14(2-1-3-16)9(22)7(5-31-36(27,28)34-37(29,30)33-35(24,25)26)32-12(14)21-4-6(17)8-10(21)19-13(18)20-11(8)23/h4,7,9,12,22H,3,5H2,(H,27,28)(H,29,30)(H2,24,25,26)(H3,18,19,20,23)/t7-,9+,12-,14?/m1/s1/i5D2. The Hall–Kier alpha value is -1.74. The molecule has 1 aliphatic rings. The van der Waals surface area contributed by atoms with E-state index in [0.717, 1.165) is 0 Å². The van der Waals surface area contributed by atoms with Crippen molar-refractivity contribution in [3.63, 3.8) is 0 Å². The van der Waals surface area contributed by atoms with Gasteiger partial charge in [0.25, 0.3) is 5.56 Å². The third kappa shape index (κ3) is 6.64. The summed E-state index contributed by atoms with van der Waals surface area (Å²) >= 11 is 6.36. The first-order chi connectivity index (χ1) is 17.6. The van der Waals surface area contributed by atoms with Crippen molar-refractivity contribution in [2.24, 2.45) is 0 Å². The molecular formula is C14H16ClF2N4O13P3. The van der Waals surface area contributed by atoms with Gasteiger partial charge in [0.05, 0.1) is 9.30 Å². The van der Waals surface area contributed by atoms with Gasteiger partial charge in [0.1, 0.15) is 24.3 Å². The predicted octanol–water partition coefficient (Wildman–Crippen LogP) is -0.00200. The van der Waals surface area contributed by atoms with Gasteiger partial charge in [-0.05, 0) is 0 Å². The number of aliphatic hydroxyl groups excluding tert-OH is 1. The van der Waals surface area contributed by atoms with Gasteiger partial charge in [0.2, 0.25) is 5.95 Å². The molecule has 0 spiro atoms. The van der Waals surface area contributed by atoms with Crippen LogP contribution in [0.2, 0.25) is 0 Å². The lowest BCUT2D eigenvalue weighted by molar-refractivity contribution is -0.0427. The number of rotatable bonds is 8. The summed E-state index contributed by atoms with van der Waals surface area (Å²) in [5.41, 5.74) is 3.84. The van der Waals surface area contributed by atoms with Crippen LogP contribution in [0.25, 0.3) is 11.0 Å². The maximum absolute atomic E-state index is 14.6. The van der Waals surface area contributed by atoms with Crippen molar-refractivity contribution in [3.8, 4) is 11.8 Å². The number of alkyl halides is 2. The average molecular weight is 617 g/mol. The maximum atomic E-state index is 14.6. The molecule has 3 rings (SSSR count). The molecule has 0 aromatic carbocycles. The lowest BCUT2D eigenvalue weighted by Crippen LogP contribution is -2.41. The lowest BCUT2D eigenvalue weighted by atomic mass is 9.99. The fourth-order valence-electron chi connectivity index (χ4n) is 3.07. The molecule has 1 saturated heterocycles. The minimum atomic E-state index is -6.13. The minimum absolute atomic E-state index is 0.528. The van der Waals surface area contributed by atoms with E-state index in [1.54, 1.807) is 0 Å². The van der Waals surface area contributed by atoms with Crippen molar-refractivity contribution in [1.29, 1.82) is 0 Å². The van der Waals surface area contributed by atoms with Crippen molar-refractivity contribution < 1.29 is 67.8 Å². The van der Waals surface area contributed by atoms with Gasteiger partial charge >= 0.3 is 23.5 Å². The molecule has 2 aromatic rings. The van der Waals surface area contributed by atoms with Crippen molar-refractivity contribution in [2.45, 2.75) is 23.3 Å². The zero-order chi connectivity index (χ0) is 29.8. The van der Waals surface area contributed by atoms with Gasteiger partial charge in [-0.2, -0.15) is 13.6 Å². The Morgan fingerprint density at radius 1 is 1.32 bits per heavy atom. The average Bonchev–Trinajstić information content (AvgIpc) is 3.17. The number of aromatic nitrogens is 3. The first-order valence-corrected chi connectivity index (χ1v) is 14.0. The van der Waals surface area contributed by atoms with Gasteiger partial charge in [-0.1, -0.05) is 23.4 Å². The molecule has 37 heavy (non-hydrogen) atoms. The zero-order valence-electron chi connectivity index (χ0n) is 19.5. The van der Waals surface area contributed by atoms with Gasteiger partial charge in [-0.25, -0.2) is 22.5 Å². The first-order valence-electron chi connectivity index (χ1n) is 10.1. The van der Waals surface area contributed by atoms with Crippen LogP contribution in [0, 0.1) is 17.7 Å². The molecule has 0 aliphatic carbocycles. The summed E-state index contributed by atoms with van der Waals surface area (Å²) in [6.45, 7) is -5.11. The van der Waals surface area contributed by atoms with Crippen LogP contribution in [0.5, 0.6) is 0 Å². The van der Waals surface area contributed by atoms with Crippen molar-refractivity contribution in [1.82, 2.24) is 14.5 Å². The molecule has 23 heteroatoms. The van der Waals surface area contributed by atoms with Crippen molar-refractivity contribution >= 4 is 52.1 Å². The number of H-pyrrole nitrogens is 1. The van der Waals surface area contributed by atoms with Crippen LogP contribution in [0.15, 0.2) is 11.0 Å². The smallest absolute Gasteiger partial charge is 0.387 e. The highest BCUT2D eigenvalue weighted by Gasteiger charge is 2.57. The summed E-state index contributed by atoms with van der Waals surface area (Å²) in [5, 5.41) is 10.1. The second-order valence-corrected chi connectivity index (χ2v) is 11.9. The zero-order valence-corrected chi connectivity index (χ0v) is 20.9. The Morgan fingerprint density at radius 2 is 1.97 bits per heavy atom. The van der Waals surface area contributed by atoms with Crippen LogP contribution in [-0.2, 0) is 31.6 Å². The van der Waals surface area contributed by atoms with Crippen LogP contribution in [-0.4, -0.2) is 69.5 Å². The third-order valence-corrected chi connectivity index (χ3v) is 8.47. The number of phosphoric acid groups is 3. The Balaban J connectivity index is 2.05. The van der Waals surface area contributed by atoms with Crippen LogP contribution in [0.4, 0.5) is 14.7 Å². The fraction of sp³-hybridized carbons (Fsp3) is 0.429. The summed E-state index contributed by atoms with van der Waals surface area (Å²) in [7, 11) is -18.0. The highest BCUT2D eigenvalue weighted by atomic mass is 35.5. The molecule has 17 nitrogen and oxygen atoms in total. The van der Waals surface area contributed by atoms with E-state index in [-0.39, 0.29) is 0 Å². The largest absolute Gasteiger partial charge is 0.490 e. The van der Waals surface area contributed by atoms with Crippen LogP contribution >= 0.6 is 35.1 Å².